The molecule has 170 valence electrons. The number of aromatic nitrogens is 2. The lowest BCUT2D eigenvalue weighted by Crippen LogP contribution is -2.34. The Bertz CT molecular complexity index is 1570. The molecule has 1 aliphatic rings. The number of anilines is 1. The predicted molar refractivity (Wildman–Crippen MR) is 141 cm³/mol. The average Bonchev–Trinajstić information content (AvgIpc) is 3.44. The summed E-state index contributed by atoms with van der Waals surface area (Å²) >= 11 is 7.17. The smallest absolute Gasteiger partial charge is 0.283 e. The van der Waals surface area contributed by atoms with E-state index in [9.17, 15) is 9.18 Å². The average molecular weight is 497 g/mol. The summed E-state index contributed by atoms with van der Waals surface area (Å²) in [5.41, 5.74) is 5.57. The van der Waals surface area contributed by atoms with E-state index in [1.807, 2.05) is 60.7 Å². The summed E-state index contributed by atoms with van der Waals surface area (Å²) in [6, 6.07) is 25.4. The number of urea groups is 1. The van der Waals surface area contributed by atoms with Gasteiger partial charge in [0.2, 0.25) is 0 Å². The van der Waals surface area contributed by atoms with Crippen LogP contribution >= 0.6 is 23.6 Å². The topological polar surface area (TPSA) is 58.1 Å². The summed E-state index contributed by atoms with van der Waals surface area (Å²) in [6.45, 7) is 0.236. The van der Waals surface area contributed by atoms with Gasteiger partial charge in [-0.3, -0.25) is 15.2 Å². The third kappa shape index (κ3) is 3.96. The van der Waals surface area contributed by atoms with Gasteiger partial charge in [-0.2, -0.15) is 0 Å². The van der Waals surface area contributed by atoms with E-state index in [1.165, 1.54) is 28.4 Å². The van der Waals surface area contributed by atoms with E-state index in [0.717, 1.165) is 32.6 Å². The first kappa shape index (κ1) is 21.5. The number of rotatable bonds is 3. The van der Waals surface area contributed by atoms with Crippen molar-refractivity contribution in [2.24, 2.45) is 0 Å². The van der Waals surface area contributed by atoms with Crippen molar-refractivity contribution in [2.75, 3.05) is 5.32 Å². The zero-order valence-corrected chi connectivity index (χ0v) is 19.9. The van der Waals surface area contributed by atoms with Crippen LogP contribution < -0.4 is 5.32 Å². The van der Waals surface area contributed by atoms with Crippen LogP contribution in [0.25, 0.3) is 32.6 Å². The Morgan fingerprint density at radius 3 is 2.46 bits per heavy atom. The van der Waals surface area contributed by atoms with E-state index in [4.69, 9.17) is 17.2 Å². The van der Waals surface area contributed by atoms with E-state index >= 15 is 0 Å². The highest BCUT2D eigenvalue weighted by atomic mass is 32.1. The molecule has 0 unspecified atom stereocenters. The molecule has 0 saturated heterocycles. The third-order valence-electron chi connectivity index (χ3n) is 5.84. The first-order chi connectivity index (χ1) is 17.1. The summed E-state index contributed by atoms with van der Waals surface area (Å²) < 4.78 is 14.6. The predicted octanol–water partition coefficient (Wildman–Crippen LogP) is 6.89. The fraction of sp³-hybridized carbons (Fsp3) is 0.0370. The number of carbonyl (C=O) groups excluding carboxylic acids is 1. The van der Waals surface area contributed by atoms with Crippen molar-refractivity contribution in [1.29, 1.82) is 0 Å². The molecule has 0 saturated carbocycles. The number of hydrogen-bond donors (Lipinski definition) is 1. The van der Waals surface area contributed by atoms with Crippen LogP contribution in [-0.4, -0.2) is 25.9 Å². The second-order valence-corrected chi connectivity index (χ2v) is 9.48. The molecule has 2 aromatic heterocycles. The van der Waals surface area contributed by atoms with Gasteiger partial charge >= 0.3 is 6.03 Å². The highest BCUT2D eigenvalue weighted by Gasteiger charge is 2.33. The van der Waals surface area contributed by atoms with Crippen molar-refractivity contribution in [3.8, 4) is 22.4 Å². The summed E-state index contributed by atoms with van der Waals surface area (Å²) in [6.07, 6.45) is 0. The molecule has 3 heterocycles. The number of halogens is 1. The molecule has 0 aliphatic carbocycles. The molecule has 0 fully saturated rings. The van der Waals surface area contributed by atoms with Crippen molar-refractivity contribution < 1.29 is 9.18 Å². The normalized spacial score (nSPS) is 12.7. The van der Waals surface area contributed by atoms with Gasteiger partial charge in [-0.05, 0) is 41.5 Å². The highest BCUT2D eigenvalue weighted by molar-refractivity contribution is 7.80. The summed E-state index contributed by atoms with van der Waals surface area (Å²) in [5.74, 6) is -0.317. The van der Waals surface area contributed by atoms with Gasteiger partial charge in [-0.25, -0.2) is 14.2 Å². The van der Waals surface area contributed by atoms with Gasteiger partial charge in [0.25, 0.3) is 0 Å². The fourth-order valence-electron chi connectivity index (χ4n) is 4.17. The van der Waals surface area contributed by atoms with E-state index in [0.29, 0.717) is 21.4 Å². The minimum absolute atomic E-state index is 0.236. The van der Waals surface area contributed by atoms with Crippen LogP contribution in [0.15, 0.2) is 84.9 Å². The fourth-order valence-corrected chi connectivity index (χ4v) is 5.40. The van der Waals surface area contributed by atoms with Crippen LogP contribution in [0, 0.1) is 5.82 Å². The van der Waals surface area contributed by atoms with Gasteiger partial charge in [-0.1, -0.05) is 78.2 Å². The monoisotopic (exact) mass is 496 g/mol. The molecule has 8 heteroatoms. The van der Waals surface area contributed by atoms with Crippen molar-refractivity contribution in [1.82, 2.24) is 14.9 Å². The largest absolute Gasteiger partial charge is 0.329 e. The van der Waals surface area contributed by atoms with Crippen molar-refractivity contribution in [3.63, 3.8) is 0 Å². The van der Waals surface area contributed by atoms with Crippen LogP contribution in [0.2, 0.25) is 0 Å². The first-order valence-corrected chi connectivity index (χ1v) is 12.1. The zero-order chi connectivity index (χ0) is 23.9. The highest BCUT2D eigenvalue weighted by Crippen LogP contribution is 2.36. The maximum atomic E-state index is 13.6. The minimum Gasteiger partial charge on any atom is -0.283 e. The van der Waals surface area contributed by atoms with Crippen LogP contribution in [0.5, 0.6) is 0 Å². The van der Waals surface area contributed by atoms with E-state index in [2.05, 4.69) is 10.3 Å². The van der Waals surface area contributed by atoms with E-state index in [1.54, 1.807) is 12.1 Å². The number of benzene rings is 3. The van der Waals surface area contributed by atoms with Crippen molar-refractivity contribution in [3.05, 3.63) is 102 Å². The summed E-state index contributed by atoms with van der Waals surface area (Å²) in [4.78, 5) is 24.5. The number of thiocarbonyl (C=S) groups is 1. The lowest BCUT2D eigenvalue weighted by atomic mass is 9.97. The molecule has 2 amide bonds. The molecule has 1 aliphatic heterocycles. The zero-order valence-electron chi connectivity index (χ0n) is 18.2. The van der Waals surface area contributed by atoms with Crippen LogP contribution in [0.4, 0.5) is 14.3 Å². The molecule has 3 aromatic carbocycles. The Morgan fingerprint density at radius 1 is 0.943 bits per heavy atom. The Balaban J connectivity index is 1.38. The SMILES string of the molecule is O=C(Nc1nc2ccccc2s1)N1Cc2nc(-c3ccccc3)cc(-c3ccc(F)cc3)c2C1=S. The van der Waals surface area contributed by atoms with Crippen LogP contribution in [0.3, 0.4) is 0 Å². The number of nitrogens with one attached hydrogen (secondary N) is 1. The minimum atomic E-state index is -0.363. The van der Waals surface area contributed by atoms with Gasteiger partial charge in [0.05, 0.1) is 28.1 Å². The van der Waals surface area contributed by atoms with Gasteiger partial charge in [0, 0.05) is 11.1 Å². The molecular formula is C27H17FN4OS2. The lowest BCUT2D eigenvalue weighted by Gasteiger charge is -2.16. The second-order valence-electron chi connectivity index (χ2n) is 8.06. The molecule has 0 radical (unpaired) electrons. The number of carbonyl (C=O) groups is 1. The maximum absolute atomic E-state index is 13.6. The van der Waals surface area contributed by atoms with Gasteiger partial charge in [-0.15, -0.1) is 0 Å². The second kappa shape index (κ2) is 8.65. The molecule has 0 bridgehead atoms. The number of nitrogens with zero attached hydrogens (tertiary/aromatic N) is 3. The Labute approximate surface area is 209 Å². The summed E-state index contributed by atoms with van der Waals surface area (Å²) in [5, 5.41) is 3.39. The maximum Gasteiger partial charge on any atom is 0.329 e. The molecule has 0 atom stereocenters. The number of thiazole rings is 1. The number of amides is 2. The van der Waals surface area contributed by atoms with Crippen LogP contribution in [-0.2, 0) is 6.54 Å². The molecule has 5 aromatic rings. The molecular weight excluding hydrogens is 479 g/mol. The Hall–Kier alpha value is -4.01. The standard InChI is InChI=1S/C27H17FN4OS2/c28-18-12-10-16(11-13-18)19-14-21(17-6-2-1-3-7-17)29-22-15-32(25(34)24(19)22)27(33)31-26-30-20-8-4-5-9-23(20)35-26/h1-14H,15H2,(H,30,31,33). The number of pyridine rings is 1. The number of fused-ring (bicyclic) bond motifs is 2. The number of hydrogen-bond acceptors (Lipinski definition) is 5. The van der Waals surface area contributed by atoms with Gasteiger partial charge < -0.3 is 0 Å². The van der Waals surface area contributed by atoms with Crippen molar-refractivity contribution in [2.45, 2.75) is 6.54 Å². The van der Waals surface area contributed by atoms with Crippen LogP contribution in [0.1, 0.15) is 11.3 Å². The van der Waals surface area contributed by atoms with Crippen molar-refractivity contribution >= 4 is 49.9 Å². The summed E-state index contributed by atoms with van der Waals surface area (Å²) in [7, 11) is 0. The van der Waals surface area contributed by atoms with E-state index < -0.39 is 0 Å². The molecule has 0 spiro atoms. The van der Waals surface area contributed by atoms with Gasteiger partial charge in [0.1, 0.15) is 10.8 Å². The van der Waals surface area contributed by atoms with E-state index in [-0.39, 0.29) is 18.4 Å². The molecule has 35 heavy (non-hydrogen) atoms. The molecule has 1 N–H and O–H groups in total. The molecule has 5 nitrogen and oxygen atoms in total. The Morgan fingerprint density at radius 2 is 1.69 bits per heavy atom. The number of para-hydroxylation sites is 1. The first-order valence-electron chi connectivity index (χ1n) is 10.9. The van der Waals surface area contributed by atoms with Gasteiger partial charge in [0.15, 0.2) is 5.13 Å². The quantitative estimate of drug-likeness (QED) is 0.276. The third-order valence-corrected chi connectivity index (χ3v) is 7.22. The lowest BCUT2D eigenvalue weighted by molar-refractivity contribution is 0.234. The molecule has 6 rings (SSSR count). The Kier molecular flexibility index (Phi) is 5.32.